The number of nitrogens with zero attached hydrogens (tertiary/aromatic N) is 5. The summed E-state index contributed by atoms with van der Waals surface area (Å²) >= 11 is 1.45. The van der Waals surface area contributed by atoms with Crippen molar-refractivity contribution < 1.29 is 14.3 Å². The minimum absolute atomic E-state index is 0.0950. The normalized spacial score (nSPS) is 15.6. The number of fused-ring (bicyclic) bond motifs is 1. The van der Waals surface area contributed by atoms with Crippen molar-refractivity contribution in [2.24, 2.45) is 0 Å². The fraction of sp³-hybridized carbons (Fsp3) is 0.423. The Morgan fingerprint density at radius 2 is 1.66 bits per heavy atom. The molecule has 1 fully saturated rings. The molecule has 3 heterocycles. The Morgan fingerprint density at radius 3 is 2.37 bits per heavy atom. The summed E-state index contributed by atoms with van der Waals surface area (Å²) in [6, 6.07) is 14.2. The molecule has 184 valence electrons. The van der Waals surface area contributed by atoms with Gasteiger partial charge >= 0.3 is 0 Å². The van der Waals surface area contributed by atoms with E-state index in [0.29, 0.717) is 24.6 Å². The second-order valence-electron chi connectivity index (χ2n) is 8.83. The van der Waals surface area contributed by atoms with Crippen LogP contribution in [0, 0.1) is 0 Å². The lowest BCUT2D eigenvalue weighted by molar-refractivity contribution is -0.129. The SMILES string of the molecule is COc1cc2c(cc1OC)CN(C(=O)CSc1nnc(N3CCCCC3)n1-c1ccccc1)CC2. The summed E-state index contributed by atoms with van der Waals surface area (Å²) in [4.78, 5) is 17.4. The molecule has 1 aromatic heterocycles. The van der Waals surface area contributed by atoms with E-state index in [1.54, 1.807) is 14.2 Å². The number of carbonyl (C=O) groups is 1. The smallest absolute Gasteiger partial charge is 0.233 e. The predicted molar refractivity (Wildman–Crippen MR) is 137 cm³/mol. The van der Waals surface area contributed by atoms with Gasteiger partial charge in [0.25, 0.3) is 0 Å². The summed E-state index contributed by atoms with van der Waals surface area (Å²) in [6.45, 7) is 3.22. The number of amides is 1. The van der Waals surface area contributed by atoms with E-state index in [-0.39, 0.29) is 5.91 Å². The van der Waals surface area contributed by atoms with Crippen LogP contribution in [0.4, 0.5) is 5.95 Å². The van der Waals surface area contributed by atoms with Gasteiger partial charge < -0.3 is 19.3 Å². The van der Waals surface area contributed by atoms with Crippen molar-refractivity contribution in [3.8, 4) is 17.2 Å². The van der Waals surface area contributed by atoms with Gasteiger partial charge in [0.1, 0.15) is 0 Å². The van der Waals surface area contributed by atoms with Gasteiger partial charge in [0.05, 0.1) is 25.7 Å². The molecule has 35 heavy (non-hydrogen) atoms. The average molecular weight is 494 g/mol. The van der Waals surface area contributed by atoms with E-state index in [0.717, 1.165) is 60.5 Å². The number of carbonyl (C=O) groups excluding carboxylic acids is 1. The van der Waals surface area contributed by atoms with Crippen LogP contribution < -0.4 is 14.4 Å². The van der Waals surface area contributed by atoms with Gasteiger partial charge in [0.15, 0.2) is 16.7 Å². The number of hydrogen-bond donors (Lipinski definition) is 0. The molecule has 2 aliphatic rings. The molecule has 0 aliphatic carbocycles. The zero-order valence-corrected chi connectivity index (χ0v) is 21.1. The lowest BCUT2D eigenvalue weighted by Gasteiger charge is -2.29. The van der Waals surface area contributed by atoms with Gasteiger partial charge in [-0.1, -0.05) is 30.0 Å². The molecule has 0 unspecified atom stereocenters. The molecule has 0 saturated carbocycles. The lowest BCUT2D eigenvalue weighted by Crippen LogP contribution is -2.37. The number of aromatic nitrogens is 3. The van der Waals surface area contributed by atoms with Gasteiger partial charge in [0, 0.05) is 26.2 Å². The third kappa shape index (κ3) is 4.96. The fourth-order valence-corrected chi connectivity index (χ4v) is 5.62. The molecule has 9 heteroatoms. The molecule has 0 bridgehead atoms. The Kier molecular flexibility index (Phi) is 7.13. The van der Waals surface area contributed by atoms with Crippen molar-refractivity contribution in [1.82, 2.24) is 19.7 Å². The standard InChI is InChI=1S/C26H31N5O3S/c1-33-22-15-19-11-14-30(17-20(19)16-23(22)34-2)24(32)18-35-26-28-27-25(29-12-7-4-8-13-29)31(26)21-9-5-3-6-10-21/h3,5-6,9-10,15-16H,4,7-8,11-14,17-18H2,1-2H3. The fourth-order valence-electron chi connectivity index (χ4n) is 4.77. The monoisotopic (exact) mass is 493 g/mol. The first-order valence-electron chi connectivity index (χ1n) is 12.1. The van der Waals surface area contributed by atoms with Gasteiger partial charge in [-0.2, -0.15) is 0 Å². The highest BCUT2D eigenvalue weighted by Gasteiger charge is 2.25. The third-order valence-corrected chi connectivity index (χ3v) is 7.58. The summed E-state index contributed by atoms with van der Waals surface area (Å²) in [5.74, 6) is 2.69. The summed E-state index contributed by atoms with van der Waals surface area (Å²) in [5.41, 5.74) is 3.32. The van der Waals surface area contributed by atoms with Gasteiger partial charge in [-0.15, -0.1) is 10.2 Å². The zero-order valence-electron chi connectivity index (χ0n) is 20.3. The van der Waals surface area contributed by atoms with Gasteiger partial charge in [-0.25, -0.2) is 0 Å². The number of anilines is 1. The quantitative estimate of drug-likeness (QED) is 0.462. The molecule has 0 atom stereocenters. The highest BCUT2D eigenvalue weighted by molar-refractivity contribution is 7.99. The van der Waals surface area contributed by atoms with Crippen molar-refractivity contribution in [2.75, 3.05) is 44.5 Å². The van der Waals surface area contributed by atoms with Gasteiger partial charge in [-0.3, -0.25) is 9.36 Å². The number of rotatable bonds is 7. The Bertz CT molecular complexity index is 1180. The highest BCUT2D eigenvalue weighted by Crippen LogP contribution is 2.34. The molecule has 5 rings (SSSR count). The lowest BCUT2D eigenvalue weighted by atomic mass is 9.99. The van der Waals surface area contributed by atoms with E-state index in [1.165, 1.54) is 23.7 Å². The van der Waals surface area contributed by atoms with Gasteiger partial charge in [-0.05, 0) is 61.1 Å². The van der Waals surface area contributed by atoms with E-state index >= 15 is 0 Å². The Morgan fingerprint density at radius 1 is 0.943 bits per heavy atom. The molecule has 0 N–H and O–H groups in total. The first-order valence-corrected chi connectivity index (χ1v) is 13.1. The molecule has 0 radical (unpaired) electrons. The summed E-state index contributed by atoms with van der Waals surface area (Å²) in [5, 5.41) is 9.78. The number of hydrogen-bond acceptors (Lipinski definition) is 7. The second kappa shape index (κ2) is 10.6. The van der Waals surface area contributed by atoms with Crippen LogP contribution in [0.5, 0.6) is 11.5 Å². The van der Waals surface area contributed by atoms with Crippen LogP contribution in [0.3, 0.4) is 0 Å². The van der Waals surface area contributed by atoms with Crippen LogP contribution in [-0.4, -0.2) is 65.2 Å². The maximum Gasteiger partial charge on any atom is 0.233 e. The van der Waals surface area contributed by atoms with E-state index in [1.807, 2.05) is 35.2 Å². The van der Waals surface area contributed by atoms with Crippen LogP contribution in [-0.2, 0) is 17.8 Å². The van der Waals surface area contributed by atoms with Crippen molar-refractivity contribution in [3.05, 3.63) is 53.6 Å². The zero-order chi connectivity index (χ0) is 24.2. The number of piperidine rings is 1. The topological polar surface area (TPSA) is 72.7 Å². The Balaban J connectivity index is 1.32. The van der Waals surface area contributed by atoms with Crippen molar-refractivity contribution in [3.63, 3.8) is 0 Å². The van der Waals surface area contributed by atoms with Crippen molar-refractivity contribution in [2.45, 2.75) is 37.4 Å². The number of benzene rings is 2. The molecule has 8 nitrogen and oxygen atoms in total. The number of ether oxygens (including phenoxy) is 2. The predicted octanol–water partition coefficient (Wildman–Crippen LogP) is 3.95. The summed E-state index contributed by atoms with van der Waals surface area (Å²) in [7, 11) is 3.28. The summed E-state index contributed by atoms with van der Waals surface area (Å²) in [6.07, 6.45) is 4.38. The van der Waals surface area contributed by atoms with E-state index in [9.17, 15) is 4.79 Å². The maximum atomic E-state index is 13.2. The van der Waals surface area contributed by atoms with Crippen molar-refractivity contribution in [1.29, 1.82) is 0 Å². The highest BCUT2D eigenvalue weighted by atomic mass is 32.2. The number of thioether (sulfide) groups is 1. The van der Waals surface area contributed by atoms with Crippen LogP contribution in [0.2, 0.25) is 0 Å². The van der Waals surface area contributed by atoms with Gasteiger partial charge in [0.2, 0.25) is 11.9 Å². The first-order chi connectivity index (χ1) is 17.2. The van der Waals surface area contributed by atoms with E-state index in [2.05, 4.69) is 31.8 Å². The number of para-hydroxylation sites is 1. The molecule has 2 aliphatic heterocycles. The van der Waals surface area contributed by atoms with Crippen molar-refractivity contribution >= 4 is 23.6 Å². The van der Waals surface area contributed by atoms with E-state index in [4.69, 9.17) is 9.47 Å². The molecule has 1 amide bonds. The Labute approximate surface area is 210 Å². The first kappa shape index (κ1) is 23.5. The van der Waals surface area contributed by atoms with Crippen LogP contribution in [0.1, 0.15) is 30.4 Å². The molecular weight excluding hydrogens is 462 g/mol. The van der Waals surface area contributed by atoms with E-state index < -0.39 is 0 Å². The molecule has 0 spiro atoms. The molecule has 1 saturated heterocycles. The minimum Gasteiger partial charge on any atom is -0.493 e. The second-order valence-corrected chi connectivity index (χ2v) is 9.77. The van der Waals surface area contributed by atoms with Crippen LogP contribution in [0.25, 0.3) is 5.69 Å². The Hall–Kier alpha value is -3.20. The number of methoxy groups -OCH3 is 2. The maximum absolute atomic E-state index is 13.2. The van der Waals surface area contributed by atoms with Crippen LogP contribution >= 0.6 is 11.8 Å². The molecule has 3 aromatic rings. The average Bonchev–Trinajstić information content (AvgIpc) is 3.35. The molecule has 2 aromatic carbocycles. The largest absolute Gasteiger partial charge is 0.493 e. The summed E-state index contributed by atoms with van der Waals surface area (Å²) < 4.78 is 13.0. The molecular formula is C26H31N5O3S. The minimum atomic E-state index is 0.0950. The third-order valence-electron chi connectivity index (χ3n) is 6.67. The van der Waals surface area contributed by atoms with Crippen LogP contribution in [0.15, 0.2) is 47.6 Å².